The number of alkyl halides is 7. The Labute approximate surface area is 152 Å². The highest BCUT2D eigenvalue weighted by Crippen LogP contribution is 2.51. The van der Waals surface area contributed by atoms with E-state index in [-0.39, 0.29) is 19.6 Å². The van der Waals surface area contributed by atoms with Crippen LogP contribution >= 0.6 is 0 Å². The lowest BCUT2D eigenvalue weighted by atomic mass is 10.0. The molecule has 4 rings (SSSR count). The van der Waals surface area contributed by atoms with Crippen LogP contribution in [0.1, 0.15) is 40.6 Å². The average molecular weight is 418 g/mol. The number of hydrogen-bond donors (Lipinski definition) is 0. The molecule has 3 aliphatic rings. The van der Waals surface area contributed by atoms with Crippen molar-refractivity contribution < 1.29 is 49.7 Å². The van der Waals surface area contributed by atoms with Crippen LogP contribution in [0, 0.1) is 0 Å². The fourth-order valence-electron chi connectivity index (χ4n) is 3.83. The lowest BCUT2D eigenvalue weighted by molar-refractivity contribution is -0.235. The van der Waals surface area contributed by atoms with Gasteiger partial charge in [-0.1, -0.05) is 0 Å². The summed E-state index contributed by atoms with van der Waals surface area (Å²) in [5.41, 5.74) is -3.28. The molecule has 6 nitrogen and oxygen atoms in total. The van der Waals surface area contributed by atoms with Crippen molar-refractivity contribution in [3.05, 3.63) is 17.0 Å². The Morgan fingerprint density at radius 1 is 1.07 bits per heavy atom. The van der Waals surface area contributed by atoms with Gasteiger partial charge in [-0.25, -0.2) is 4.39 Å². The number of carbonyl (C=O) groups excluding carboxylic acids is 1. The van der Waals surface area contributed by atoms with Gasteiger partial charge >= 0.3 is 12.4 Å². The van der Waals surface area contributed by atoms with Gasteiger partial charge in [0.05, 0.1) is 24.8 Å². The molecule has 3 atom stereocenters. The molecule has 0 radical (unpaired) electrons. The summed E-state index contributed by atoms with van der Waals surface area (Å²) in [7, 11) is 0. The first kappa shape index (κ1) is 19.6. The largest absolute Gasteiger partial charge is 0.435 e. The van der Waals surface area contributed by atoms with Gasteiger partial charge in [-0.05, 0) is 6.42 Å². The third-order valence-electron chi connectivity index (χ3n) is 5.01. The number of Topliss-reactive ketones (excluding diaryl/α,β-unsaturated/α-hetero) is 1. The minimum absolute atomic E-state index is 0.128. The van der Waals surface area contributed by atoms with Crippen LogP contribution in [-0.2, 0) is 26.2 Å². The number of nitrogens with zero attached hydrogens (tertiary/aromatic N) is 2. The molecule has 0 aromatic carbocycles. The monoisotopic (exact) mass is 418 g/mol. The summed E-state index contributed by atoms with van der Waals surface area (Å²) in [4.78, 5) is 12.4. The van der Waals surface area contributed by atoms with Crippen LogP contribution < -0.4 is 0 Å². The number of ether oxygens (including phenoxy) is 3. The van der Waals surface area contributed by atoms with E-state index in [1.165, 1.54) is 0 Å². The Morgan fingerprint density at radius 2 is 1.71 bits per heavy atom. The number of fused-ring (bicyclic) bond motifs is 2. The molecule has 0 amide bonds. The van der Waals surface area contributed by atoms with Gasteiger partial charge in [0.15, 0.2) is 11.8 Å². The smallest absolute Gasteiger partial charge is 0.369 e. The topological polar surface area (TPSA) is 62.6 Å². The molecule has 0 saturated carbocycles. The summed E-state index contributed by atoms with van der Waals surface area (Å²) >= 11 is 0. The SMILES string of the molecule is O=C1c2c(c(C(F)(F)F)nn2C2CCOC(C(F)(F)F)C2)C2(OCCO2)C1F. The van der Waals surface area contributed by atoms with Gasteiger partial charge in [0.2, 0.25) is 17.7 Å². The van der Waals surface area contributed by atoms with E-state index in [0.717, 1.165) is 0 Å². The highest BCUT2D eigenvalue weighted by Gasteiger charge is 2.64. The third kappa shape index (κ3) is 2.74. The molecule has 3 heterocycles. The summed E-state index contributed by atoms with van der Waals surface area (Å²) in [5.74, 6) is -3.95. The second-order valence-electron chi connectivity index (χ2n) is 6.69. The maximum absolute atomic E-state index is 14.7. The standard InChI is InChI=1S/C15H13F7N2O4/c16-11-10(25)9-8(13(11)27-3-4-28-13)12(15(20,21)22)23-24(9)6-1-2-26-7(5-6)14(17,18)19/h6-7,11H,1-5H2. The summed E-state index contributed by atoms with van der Waals surface area (Å²) < 4.78 is 110. The molecule has 156 valence electrons. The van der Waals surface area contributed by atoms with Crippen LogP contribution in [0.15, 0.2) is 0 Å². The van der Waals surface area contributed by atoms with Crippen LogP contribution in [0.3, 0.4) is 0 Å². The summed E-state index contributed by atoms with van der Waals surface area (Å²) in [6.45, 7) is -0.901. The van der Waals surface area contributed by atoms with Crippen molar-refractivity contribution in [1.29, 1.82) is 0 Å². The van der Waals surface area contributed by atoms with Crippen molar-refractivity contribution in [1.82, 2.24) is 9.78 Å². The lowest BCUT2D eigenvalue weighted by Gasteiger charge is -2.31. The highest BCUT2D eigenvalue weighted by atomic mass is 19.4. The Bertz CT molecular complexity index is 798. The number of hydrogen-bond acceptors (Lipinski definition) is 5. The van der Waals surface area contributed by atoms with Crippen molar-refractivity contribution in [2.75, 3.05) is 19.8 Å². The molecular weight excluding hydrogens is 405 g/mol. The maximum Gasteiger partial charge on any atom is 0.435 e. The first-order chi connectivity index (χ1) is 13.0. The van der Waals surface area contributed by atoms with E-state index in [2.05, 4.69) is 9.84 Å². The molecule has 13 heteroatoms. The number of halogens is 7. The molecule has 2 aliphatic heterocycles. The van der Waals surface area contributed by atoms with E-state index < -0.39 is 72.2 Å². The predicted octanol–water partition coefficient (Wildman–Crippen LogP) is 2.92. The van der Waals surface area contributed by atoms with Gasteiger partial charge in [0.1, 0.15) is 5.69 Å². The number of aromatic nitrogens is 2. The van der Waals surface area contributed by atoms with Crippen molar-refractivity contribution in [2.24, 2.45) is 0 Å². The van der Waals surface area contributed by atoms with Gasteiger partial charge in [0, 0.05) is 13.0 Å². The normalized spacial score (nSPS) is 30.2. The zero-order chi connectivity index (χ0) is 20.5. The molecule has 1 aliphatic carbocycles. The predicted molar refractivity (Wildman–Crippen MR) is 74.1 cm³/mol. The van der Waals surface area contributed by atoms with E-state index in [0.29, 0.717) is 4.68 Å². The number of carbonyl (C=O) groups is 1. The minimum Gasteiger partial charge on any atom is -0.369 e. The average Bonchev–Trinajstić information content (AvgIpc) is 3.28. The Hall–Kier alpha value is -1.73. The molecule has 2 saturated heterocycles. The van der Waals surface area contributed by atoms with E-state index in [1.54, 1.807) is 0 Å². The molecule has 1 spiro atoms. The van der Waals surface area contributed by atoms with Crippen molar-refractivity contribution >= 4 is 5.78 Å². The molecule has 0 bridgehead atoms. The van der Waals surface area contributed by atoms with E-state index in [4.69, 9.17) is 9.47 Å². The summed E-state index contributed by atoms with van der Waals surface area (Å²) in [5, 5.41) is 3.37. The van der Waals surface area contributed by atoms with Gasteiger partial charge in [-0.2, -0.15) is 31.4 Å². The Morgan fingerprint density at radius 3 is 2.29 bits per heavy atom. The third-order valence-corrected chi connectivity index (χ3v) is 5.01. The molecule has 28 heavy (non-hydrogen) atoms. The van der Waals surface area contributed by atoms with Crippen molar-refractivity contribution in [3.8, 4) is 0 Å². The van der Waals surface area contributed by atoms with E-state index >= 15 is 0 Å². The Kier molecular flexibility index (Phi) is 4.29. The molecule has 1 aromatic rings. The zero-order valence-corrected chi connectivity index (χ0v) is 13.9. The quantitative estimate of drug-likeness (QED) is 0.657. The van der Waals surface area contributed by atoms with Gasteiger partial charge in [-0.15, -0.1) is 0 Å². The molecule has 2 fully saturated rings. The second kappa shape index (κ2) is 6.13. The second-order valence-corrected chi connectivity index (χ2v) is 6.69. The summed E-state index contributed by atoms with van der Waals surface area (Å²) in [6.07, 6.45) is -15.5. The maximum atomic E-state index is 14.7. The zero-order valence-electron chi connectivity index (χ0n) is 13.9. The lowest BCUT2D eigenvalue weighted by Crippen LogP contribution is -2.40. The van der Waals surface area contributed by atoms with Crippen LogP contribution in [-0.4, -0.2) is 53.8 Å². The van der Waals surface area contributed by atoms with Crippen molar-refractivity contribution in [3.63, 3.8) is 0 Å². The highest BCUT2D eigenvalue weighted by molar-refractivity contribution is 6.04. The molecule has 0 N–H and O–H groups in total. The first-order valence-electron chi connectivity index (χ1n) is 8.31. The fraction of sp³-hybridized carbons (Fsp3) is 0.733. The van der Waals surface area contributed by atoms with Gasteiger partial charge in [0.25, 0.3) is 0 Å². The number of ketones is 1. The number of rotatable bonds is 1. The van der Waals surface area contributed by atoms with E-state index in [1.807, 2.05) is 0 Å². The Balaban J connectivity index is 1.84. The van der Waals surface area contributed by atoms with E-state index in [9.17, 15) is 35.5 Å². The van der Waals surface area contributed by atoms with Gasteiger partial charge < -0.3 is 14.2 Å². The van der Waals surface area contributed by atoms with Gasteiger partial charge in [-0.3, -0.25) is 9.48 Å². The fourth-order valence-corrected chi connectivity index (χ4v) is 3.83. The van der Waals surface area contributed by atoms with Crippen LogP contribution in [0.4, 0.5) is 30.7 Å². The van der Waals surface area contributed by atoms with Crippen LogP contribution in [0.25, 0.3) is 0 Å². The molecular formula is C15H13F7N2O4. The summed E-state index contributed by atoms with van der Waals surface area (Å²) in [6, 6.07) is -1.24. The minimum atomic E-state index is -5.10. The first-order valence-corrected chi connectivity index (χ1v) is 8.31. The van der Waals surface area contributed by atoms with Crippen LogP contribution in [0.2, 0.25) is 0 Å². The molecule has 1 aromatic heterocycles. The van der Waals surface area contributed by atoms with Crippen molar-refractivity contribution in [2.45, 2.75) is 49.3 Å². The molecule has 3 unspecified atom stereocenters. The van der Waals surface area contributed by atoms with Crippen LogP contribution in [0.5, 0.6) is 0 Å².